The number of hydrogen-bond donors (Lipinski definition) is 6. The molecule has 1 saturated heterocycles. The maximum Gasteiger partial charge on any atom is 0.220 e. The van der Waals surface area contributed by atoms with Gasteiger partial charge in [-0.1, -0.05) is 251 Å². The van der Waals surface area contributed by atoms with Crippen LogP contribution >= 0.6 is 0 Å². The van der Waals surface area contributed by atoms with Crippen molar-refractivity contribution in [3.05, 3.63) is 122 Å². The number of carbonyl (C=O) groups is 1. The number of hydrogen-bond acceptors (Lipinski definition) is 8. The first-order valence-electron chi connectivity index (χ1n) is 29.7. The van der Waals surface area contributed by atoms with Crippen molar-refractivity contribution in [2.45, 2.75) is 269 Å². The zero-order valence-corrected chi connectivity index (χ0v) is 46.8. The summed E-state index contributed by atoms with van der Waals surface area (Å²) >= 11 is 0. The van der Waals surface area contributed by atoms with Gasteiger partial charge in [-0.25, -0.2) is 0 Å². The van der Waals surface area contributed by atoms with E-state index in [9.17, 15) is 30.3 Å². The van der Waals surface area contributed by atoms with E-state index in [4.69, 9.17) is 9.47 Å². The molecular weight excluding hydrogens is 923 g/mol. The summed E-state index contributed by atoms with van der Waals surface area (Å²) in [5.74, 6) is -0.158. The van der Waals surface area contributed by atoms with Gasteiger partial charge in [-0.05, 0) is 89.9 Å². The molecule has 1 aliphatic rings. The summed E-state index contributed by atoms with van der Waals surface area (Å²) < 4.78 is 11.3. The van der Waals surface area contributed by atoms with Crippen molar-refractivity contribution in [1.82, 2.24) is 5.32 Å². The topological polar surface area (TPSA) is 149 Å². The number of aliphatic hydroxyl groups excluding tert-OH is 5. The van der Waals surface area contributed by atoms with Crippen LogP contribution in [0.3, 0.4) is 0 Å². The van der Waals surface area contributed by atoms with E-state index in [0.29, 0.717) is 12.8 Å². The maximum atomic E-state index is 13.0. The van der Waals surface area contributed by atoms with E-state index in [2.05, 4.69) is 141 Å². The minimum Gasteiger partial charge on any atom is -0.394 e. The number of carbonyl (C=O) groups excluding carboxylic acids is 1. The Labute approximate surface area is 452 Å². The molecule has 6 N–H and O–H groups in total. The molecule has 0 spiro atoms. The third-order valence-corrected chi connectivity index (χ3v) is 13.3. The Bertz CT molecular complexity index is 1570. The molecule has 9 heteroatoms. The molecule has 0 radical (unpaired) electrons. The Morgan fingerprint density at radius 2 is 0.838 bits per heavy atom. The lowest BCUT2D eigenvalue weighted by Gasteiger charge is -2.40. The molecule has 1 fully saturated rings. The molecule has 7 atom stereocenters. The summed E-state index contributed by atoms with van der Waals surface area (Å²) in [4.78, 5) is 13.0. The molecule has 422 valence electrons. The Balaban J connectivity index is 2.14. The molecule has 0 bridgehead atoms. The fourth-order valence-electron chi connectivity index (χ4n) is 8.66. The summed E-state index contributed by atoms with van der Waals surface area (Å²) in [7, 11) is 0. The summed E-state index contributed by atoms with van der Waals surface area (Å²) in [6, 6.07) is -0.731. The molecule has 1 rings (SSSR count). The molecule has 1 aliphatic heterocycles. The van der Waals surface area contributed by atoms with Crippen LogP contribution in [-0.2, 0) is 14.3 Å². The number of unbranched alkanes of at least 4 members (excludes halogenated alkanes) is 19. The van der Waals surface area contributed by atoms with Gasteiger partial charge in [0.05, 0.1) is 25.4 Å². The second-order valence-corrected chi connectivity index (χ2v) is 20.1. The minimum absolute atomic E-state index is 0.148. The van der Waals surface area contributed by atoms with Gasteiger partial charge < -0.3 is 40.3 Å². The van der Waals surface area contributed by atoms with Crippen LogP contribution < -0.4 is 5.32 Å². The number of ether oxygens (including phenoxy) is 2. The van der Waals surface area contributed by atoms with E-state index in [-0.39, 0.29) is 12.5 Å². The quantitative estimate of drug-likeness (QED) is 0.0261. The third kappa shape index (κ3) is 41.8. The SMILES string of the molecule is CC/C=C\C/C=C\C/C=C\C/C=C\C/C=C\C/C=C\C/C=C\C/C=C\C/C=C\C/C=C\CCCCCCCCCCC(=O)NC(COC1OC(CO)C(O)C(O)C1O)C(O)CCCCCCCCCCCCCC. The van der Waals surface area contributed by atoms with Crippen LogP contribution in [0.5, 0.6) is 0 Å². The molecular formula is C65H109NO8. The molecule has 0 aromatic rings. The Kier molecular flexibility index (Phi) is 49.1. The van der Waals surface area contributed by atoms with Crippen LogP contribution in [0.15, 0.2) is 122 Å². The lowest BCUT2D eigenvalue weighted by atomic mass is 9.99. The van der Waals surface area contributed by atoms with Crippen LogP contribution in [0.1, 0.15) is 226 Å². The molecule has 9 nitrogen and oxygen atoms in total. The van der Waals surface area contributed by atoms with Gasteiger partial charge in [0.1, 0.15) is 24.4 Å². The van der Waals surface area contributed by atoms with Gasteiger partial charge in [-0.3, -0.25) is 4.79 Å². The standard InChI is InChI=1S/C65H109NO8/c1-3-5-7-9-11-13-15-17-18-19-20-21-22-23-24-25-26-27-28-29-30-31-32-33-34-35-36-37-38-39-40-41-42-43-45-47-49-51-53-55-61(69)66-58(57-73-65-64(72)63(71)62(70)60(56-67)74-65)59(68)54-52-50-48-46-44-16-14-12-10-8-6-4-2/h5,7,11,13,17-18,20-21,23-24,26-27,29-30,32-33,35-36,38-39,58-60,62-65,67-68,70-72H,3-4,6,8-10,12,14-16,19,22,25,28,31,34,37,40-57H2,1-2H3,(H,66,69)/b7-5-,13-11-,18-17-,21-20-,24-23-,27-26-,30-29-,33-32-,36-35-,39-38-. The number of allylic oxidation sites excluding steroid dienone is 20. The first-order valence-corrected chi connectivity index (χ1v) is 29.7. The average molecular weight is 1030 g/mol. The van der Waals surface area contributed by atoms with Crippen LogP contribution in [0.2, 0.25) is 0 Å². The Morgan fingerprint density at radius 3 is 1.24 bits per heavy atom. The first kappa shape index (κ1) is 68.6. The van der Waals surface area contributed by atoms with Gasteiger partial charge >= 0.3 is 0 Å². The lowest BCUT2D eigenvalue weighted by Crippen LogP contribution is -2.60. The van der Waals surface area contributed by atoms with Crippen molar-refractivity contribution in [2.75, 3.05) is 13.2 Å². The smallest absolute Gasteiger partial charge is 0.220 e. The Morgan fingerprint density at radius 1 is 0.473 bits per heavy atom. The number of amides is 1. The normalized spacial score (nSPS) is 19.9. The highest BCUT2D eigenvalue weighted by Gasteiger charge is 2.44. The average Bonchev–Trinajstić information content (AvgIpc) is 3.40. The Hall–Kier alpha value is -3.41. The second kappa shape index (κ2) is 53.0. The van der Waals surface area contributed by atoms with Gasteiger partial charge in [0, 0.05) is 6.42 Å². The van der Waals surface area contributed by atoms with Crippen molar-refractivity contribution in [3.8, 4) is 0 Å². The summed E-state index contributed by atoms with van der Waals surface area (Å²) in [6.07, 6.45) is 72.3. The van der Waals surface area contributed by atoms with Crippen molar-refractivity contribution in [1.29, 1.82) is 0 Å². The van der Waals surface area contributed by atoms with Gasteiger partial charge in [-0.2, -0.15) is 0 Å². The largest absolute Gasteiger partial charge is 0.394 e. The third-order valence-electron chi connectivity index (χ3n) is 13.3. The summed E-state index contributed by atoms with van der Waals surface area (Å²) in [5, 5.41) is 54.5. The predicted octanol–water partition coefficient (Wildman–Crippen LogP) is 15.1. The maximum absolute atomic E-state index is 13.0. The molecule has 1 heterocycles. The van der Waals surface area contributed by atoms with Gasteiger partial charge in [0.2, 0.25) is 5.91 Å². The molecule has 7 unspecified atom stereocenters. The number of aliphatic hydroxyl groups is 5. The zero-order valence-electron chi connectivity index (χ0n) is 46.8. The van der Waals surface area contributed by atoms with Crippen molar-refractivity contribution in [2.24, 2.45) is 0 Å². The van der Waals surface area contributed by atoms with E-state index in [1.54, 1.807) is 0 Å². The van der Waals surface area contributed by atoms with Crippen molar-refractivity contribution in [3.63, 3.8) is 0 Å². The van der Waals surface area contributed by atoms with Crippen molar-refractivity contribution >= 4 is 5.91 Å². The van der Waals surface area contributed by atoms with Gasteiger partial charge in [0.15, 0.2) is 6.29 Å². The van der Waals surface area contributed by atoms with E-state index in [0.717, 1.165) is 116 Å². The van der Waals surface area contributed by atoms with Crippen molar-refractivity contribution < 1.29 is 39.8 Å². The fourth-order valence-corrected chi connectivity index (χ4v) is 8.66. The molecule has 0 aliphatic carbocycles. The second-order valence-electron chi connectivity index (χ2n) is 20.1. The van der Waals surface area contributed by atoms with E-state index in [1.165, 1.54) is 83.5 Å². The molecule has 0 saturated carbocycles. The van der Waals surface area contributed by atoms with Crippen LogP contribution in [-0.4, -0.2) is 87.5 Å². The van der Waals surface area contributed by atoms with Gasteiger partial charge in [-0.15, -0.1) is 0 Å². The molecule has 0 aromatic heterocycles. The zero-order chi connectivity index (χ0) is 53.6. The van der Waals surface area contributed by atoms with Crippen LogP contribution in [0.25, 0.3) is 0 Å². The van der Waals surface area contributed by atoms with Gasteiger partial charge in [0.25, 0.3) is 0 Å². The van der Waals surface area contributed by atoms with E-state index >= 15 is 0 Å². The number of nitrogens with one attached hydrogen (secondary N) is 1. The van der Waals surface area contributed by atoms with Crippen LogP contribution in [0, 0.1) is 0 Å². The molecule has 1 amide bonds. The number of rotatable bonds is 49. The monoisotopic (exact) mass is 1030 g/mol. The highest BCUT2D eigenvalue weighted by atomic mass is 16.7. The predicted molar refractivity (Wildman–Crippen MR) is 313 cm³/mol. The van der Waals surface area contributed by atoms with E-state index < -0.39 is 49.5 Å². The fraction of sp³-hybridized carbons (Fsp3) is 0.677. The van der Waals surface area contributed by atoms with Crippen LogP contribution in [0.4, 0.5) is 0 Å². The molecule has 0 aromatic carbocycles. The minimum atomic E-state index is -1.56. The first-order chi connectivity index (χ1) is 36.3. The van der Waals surface area contributed by atoms with E-state index in [1.807, 2.05) is 0 Å². The summed E-state index contributed by atoms with van der Waals surface area (Å²) in [6.45, 7) is 3.70. The molecule has 74 heavy (non-hydrogen) atoms. The summed E-state index contributed by atoms with van der Waals surface area (Å²) in [5.41, 5.74) is 0. The highest BCUT2D eigenvalue weighted by Crippen LogP contribution is 2.23. The lowest BCUT2D eigenvalue weighted by molar-refractivity contribution is -0.302. The highest BCUT2D eigenvalue weighted by molar-refractivity contribution is 5.76.